The van der Waals surface area contributed by atoms with Crippen molar-refractivity contribution in [1.82, 2.24) is 0 Å². The highest BCUT2D eigenvalue weighted by molar-refractivity contribution is 5.67. The Morgan fingerprint density at radius 2 is 1.28 bits per heavy atom. The van der Waals surface area contributed by atoms with E-state index >= 15 is 0 Å². The van der Waals surface area contributed by atoms with Crippen LogP contribution >= 0.6 is 0 Å². The summed E-state index contributed by atoms with van der Waals surface area (Å²) in [6, 6.07) is 22.0. The van der Waals surface area contributed by atoms with Crippen molar-refractivity contribution in [3.63, 3.8) is 0 Å². The molecule has 0 heterocycles. The molecule has 0 radical (unpaired) electrons. The van der Waals surface area contributed by atoms with Crippen molar-refractivity contribution in [2.45, 2.75) is 40.5 Å². The largest absolute Gasteiger partial charge is 0.0731 e. The molecule has 3 aliphatic carbocycles. The Hall–Kier alpha value is -2.08. The summed E-state index contributed by atoms with van der Waals surface area (Å²) >= 11 is 0. The van der Waals surface area contributed by atoms with Crippen LogP contribution in [0.5, 0.6) is 0 Å². The first kappa shape index (κ1) is 16.4. The van der Waals surface area contributed by atoms with Gasteiger partial charge < -0.3 is 0 Å². The molecule has 0 N–H and O–H groups in total. The molecular formula is C25H28. The fourth-order valence-corrected chi connectivity index (χ4v) is 5.09. The standard InChI is InChI=1S/C25H28/c1-18-15-21-23(24(2,3)4)22(18)25(21,16-19-11-7-5-8-12-19)17-20-13-9-6-10-14-20/h5-15,18H,16-17H2,1-4H3. The summed E-state index contributed by atoms with van der Waals surface area (Å²) in [6.45, 7) is 9.47. The van der Waals surface area contributed by atoms with Crippen LogP contribution < -0.4 is 0 Å². The molecular weight excluding hydrogens is 300 g/mol. The topological polar surface area (TPSA) is 0 Å². The van der Waals surface area contributed by atoms with Crippen LogP contribution in [0.3, 0.4) is 0 Å². The van der Waals surface area contributed by atoms with Crippen molar-refractivity contribution in [2.24, 2.45) is 16.7 Å². The highest BCUT2D eigenvalue weighted by Crippen LogP contribution is 2.66. The molecule has 0 saturated heterocycles. The lowest BCUT2D eigenvalue weighted by atomic mass is 9.53. The molecule has 0 spiro atoms. The molecule has 3 aliphatic rings. The second kappa shape index (κ2) is 5.73. The third kappa shape index (κ3) is 2.59. The van der Waals surface area contributed by atoms with Crippen LogP contribution in [-0.2, 0) is 12.8 Å². The maximum Gasteiger partial charge on any atom is 0.0254 e. The van der Waals surface area contributed by atoms with Gasteiger partial charge in [-0.05, 0) is 52.0 Å². The lowest BCUT2D eigenvalue weighted by Gasteiger charge is -2.50. The maximum atomic E-state index is 2.54. The third-order valence-corrected chi connectivity index (χ3v) is 5.89. The Balaban J connectivity index is 1.80. The van der Waals surface area contributed by atoms with Gasteiger partial charge in [-0.25, -0.2) is 0 Å². The summed E-state index contributed by atoms with van der Waals surface area (Å²) in [6.07, 6.45) is 4.78. The number of benzene rings is 2. The lowest BCUT2D eigenvalue weighted by molar-refractivity contribution is 0.335. The van der Waals surface area contributed by atoms with E-state index in [2.05, 4.69) is 94.4 Å². The number of rotatable bonds is 4. The van der Waals surface area contributed by atoms with E-state index in [0.717, 1.165) is 12.8 Å². The third-order valence-electron chi connectivity index (χ3n) is 5.89. The molecule has 1 unspecified atom stereocenters. The van der Waals surface area contributed by atoms with E-state index in [1.807, 2.05) is 0 Å². The number of fused-ring (bicyclic) bond motifs is 1. The second-order valence-corrected chi connectivity index (χ2v) is 8.81. The van der Waals surface area contributed by atoms with Gasteiger partial charge in [0.1, 0.15) is 0 Å². The normalized spacial score (nSPS) is 21.1. The summed E-state index contributed by atoms with van der Waals surface area (Å²) in [7, 11) is 0. The minimum absolute atomic E-state index is 0.199. The summed E-state index contributed by atoms with van der Waals surface area (Å²) in [5.41, 5.74) is 8.28. The average Bonchev–Trinajstić information content (AvgIpc) is 3.07. The zero-order valence-electron chi connectivity index (χ0n) is 15.8. The molecule has 0 nitrogen and oxygen atoms in total. The second-order valence-electron chi connectivity index (χ2n) is 8.81. The summed E-state index contributed by atoms with van der Waals surface area (Å²) in [5, 5.41) is 0. The Kier molecular flexibility index (Phi) is 3.76. The Morgan fingerprint density at radius 1 is 0.800 bits per heavy atom. The SMILES string of the molecule is CC1C=C2C(C(C)(C)C)=C1C2(Cc1ccccc1)Cc1ccccc1. The first-order valence-electron chi connectivity index (χ1n) is 9.47. The summed E-state index contributed by atoms with van der Waals surface area (Å²) < 4.78 is 0. The molecule has 2 aromatic carbocycles. The maximum absolute atomic E-state index is 2.54. The van der Waals surface area contributed by atoms with E-state index in [0.29, 0.717) is 5.92 Å². The fourth-order valence-electron chi connectivity index (χ4n) is 5.09. The van der Waals surface area contributed by atoms with Gasteiger partial charge in [0.2, 0.25) is 0 Å². The first-order valence-corrected chi connectivity index (χ1v) is 9.47. The van der Waals surface area contributed by atoms with E-state index in [1.54, 1.807) is 16.7 Å². The van der Waals surface area contributed by atoms with Crippen LogP contribution in [0.1, 0.15) is 38.8 Å². The van der Waals surface area contributed by atoms with E-state index in [4.69, 9.17) is 0 Å². The molecule has 128 valence electrons. The molecule has 2 aromatic rings. The van der Waals surface area contributed by atoms with Crippen LogP contribution in [0.25, 0.3) is 0 Å². The molecule has 2 bridgehead atoms. The molecule has 5 rings (SSSR count). The molecule has 0 fully saturated rings. The molecule has 0 aromatic heterocycles. The molecule has 25 heavy (non-hydrogen) atoms. The van der Waals surface area contributed by atoms with Gasteiger partial charge in [0, 0.05) is 5.41 Å². The van der Waals surface area contributed by atoms with Crippen LogP contribution in [0.15, 0.2) is 83.5 Å². The minimum atomic E-state index is 0.199. The van der Waals surface area contributed by atoms with E-state index in [9.17, 15) is 0 Å². The van der Waals surface area contributed by atoms with Crippen LogP contribution in [0.4, 0.5) is 0 Å². The number of hydrogen-bond donors (Lipinski definition) is 0. The smallest absolute Gasteiger partial charge is 0.0254 e. The van der Waals surface area contributed by atoms with E-state index in [1.165, 1.54) is 11.1 Å². The highest BCUT2D eigenvalue weighted by Gasteiger charge is 2.56. The van der Waals surface area contributed by atoms with Crippen molar-refractivity contribution in [3.05, 3.63) is 94.6 Å². The van der Waals surface area contributed by atoms with Crippen molar-refractivity contribution in [3.8, 4) is 0 Å². The highest BCUT2D eigenvalue weighted by atomic mass is 14.6. The molecule has 0 aliphatic heterocycles. The zero-order chi connectivity index (χ0) is 17.7. The quantitative estimate of drug-likeness (QED) is 0.610. The predicted octanol–water partition coefficient (Wildman–Crippen LogP) is 6.39. The Labute approximate surface area is 152 Å². The van der Waals surface area contributed by atoms with E-state index in [-0.39, 0.29) is 10.8 Å². The number of hydrogen-bond acceptors (Lipinski definition) is 0. The zero-order valence-corrected chi connectivity index (χ0v) is 15.8. The Morgan fingerprint density at radius 3 is 1.64 bits per heavy atom. The predicted molar refractivity (Wildman–Crippen MR) is 106 cm³/mol. The minimum Gasteiger partial charge on any atom is -0.0731 e. The van der Waals surface area contributed by atoms with Gasteiger partial charge in [0.25, 0.3) is 0 Å². The van der Waals surface area contributed by atoms with Crippen molar-refractivity contribution >= 4 is 0 Å². The summed E-state index contributed by atoms with van der Waals surface area (Å²) in [4.78, 5) is 0. The van der Waals surface area contributed by atoms with Crippen molar-refractivity contribution in [1.29, 1.82) is 0 Å². The average molecular weight is 328 g/mol. The Bertz CT molecular complexity index is 787. The van der Waals surface area contributed by atoms with Gasteiger partial charge in [-0.15, -0.1) is 0 Å². The summed E-state index contributed by atoms with van der Waals surface area (Å²) in [5.74, 6) is 0.580. The molecule has 0 heteroatoms. The molecule has 0 saturated carbocycles. The fraction of sp³-hybridized carbons (Fsp3) is 0.360. The monoisotopic (exact) mass is 328 g/mol. The van der Waals surface area contributed by atoms with Crippen LogP contribution in [0.2, 0.25) is 0 Å². The van der Waals surface area contributed by atoms with Crippen molar-refractivity contribution in [2.75, 3.05) is 0 Å². The van der Waals surface area contributed by atoms with Gasteiger partial charge in [0.15, 0.2) is 0 Å². The van der Waals surface area contributed by atoms with Gasteiger partial charge in [-0.1, -0.05) is 94.4 Å². The van der Waals surface area contributed by atoms with Gasteiger partial charge >= 0.3 is 0 Å². The van der Waals surface area contributed by atoms with Crippen LogP contribution in [-0.4, -0.2) is 0 Å². The lowest BCUT2D eigenvalue weighted by Crippen LogP contribution is -2.42. The molecule has 1 atom stereocenters. The van der Waals surface area contributed by atoms with Crippen LogP contribution in [0, 0.1) is 16.7 Å². The first-order chi connectivity index (χ1) is 11.9. The van der Waals surface area contributed by atoms with Gasteiger partial charge in [-0.2, -0.15) is 0 Å². The number of allylic oxidation sites excluding steroid dienone is 4. The van der Waals surface area contributed by atoms with Gasteiger partial charge in [0.05, 0.1) is 0 Å². The van der Waals surface area contributed by atoms with Crippen molar-refractivity contribution < 1.29 is 0 Å². The van der Waals surface area contributed by atoms with E-state index < -0.39 is 0 Å². The molecule has 0 amide bonds. The van der Waals surface area contributed by atoms with Gasteiger partial charge in [-0.3, -0.25) is 0 Å².